The highest BCUT2D eigenvalue weighted by molar-refractivity contribution is 5.95. The molecule has 8 saturated heterocycles. The number of aryl methyl sites for hydroxylation is 1. The molecule has 8 aliphatic heterocycles. The predicted octanol–water partition coefficient (Wildman–Crippen LogP) is 11.4. The quantitative estimate of drug-likeness (QED) is 0.0514. The summed E-state index contributed by atoms with van der Waals surface area (Å²) in [7, 11) is 5.08. The van der Waals surface area contributed by atoms with Gasteiger partial charge in [-0.05, 0) is 161 Å². The van der Waals surface area contributed by atoms with Crippen LogP contribution in [0, 0.1) is 0 Å². The van der Waals surface area contributed by atoms with Gasteiger partial charge in [0.25, 0.3) is 0 Å². The van der Waals surface area contributed by atoms with Crippen LogP contribution in [0.5, 0.6) is 34.5 Å². The number of aromatic nitrogens is 8. The summed E-state index contributed by atoms with van der Waals surface area (Å²) in [6, 6.07) is 12.2. The number of methoxy groups -OCH3 is 3. The summed E-state index contributed by atoms with van der Waals surface area (Å²) in [5, 5.41) is 3.03. The highest BCUT2D eigenvalue weighted by atomic mass is 16.6. The van der Waals surface area contributed by atoms with Crippen LogP contribution in [0.1, 0.15) is 130 Å². The molecule has 26 nitrogen and oxygen atoms in total. The van der Waals surface area contributed by atoms with Crippen molar-refractivity contribution in [2.45, 2.75) is 142 Å². The number of carbonyl (C=O) groups is 1. The molecule has 26 heteroatoms. The molecule has 3 aromatic carbocycles. The molecule has 7 aromatic rings. The number of likely N-dealkylation sites (tertiary alicyclic amines) is 1. The van der Waals surface area contributed by atoms with Crippen molar-refractivity contribution in [2.75, 3.05) is 215 Å². The molecule has 0 bridgehead atoms. The minimum Gasteiger partial charge on any atom is -0.493 e. The lowest BCUT2D eigenvalue weighted by Gasteiger charge is -2.36. The molecule has 0 spiro atoms. The van der Waals surface area contributed by atoms with E-state index >= 15 is 0 Å². The molecule has 0 unspecified atom stereocenters. The first-order valence-electron chi connectivity index (χ1n) is 39.0. The Balaban J connectivity index is 0.000000139. The first kappa shape index (κ1) is 73.9. The van der Waals surface area contributed by atoms with Crippen molar-refractivity contribution >= 4 is 74.1 Å². The zero-order chi connectivity index (χ0) is 71.6. The Labute approximate surface area is 614 Å². The zero-order valence-electron chi connectivity index (χ0n) is 62.9. The van der Waals surface area contributed by atoms with E-state index in [-0.39, 0.29) is 6.09 Å². The summed E-state index contributed by atoms with van der Waals surface area (Å²) in [4.78, 5) is 67.5. The number of rotatable bonds is 24. The fourth-order valence-electron chi connectivity index (χ4n) is 15.3. The molecule has 104 heavy (non-hydrogen) atoms. The van der Waals surface area contributed by atoms with Gasteiger partial charge in [-0.1, -0.05) is 0 Å². The number of amides is 1. The summed E-state index contributed by atoms with van der Waals surface area (Å²) < 4.78 is 48.9. The Bertz CT molecular complexity index is 3870. The molecule has 8 fully saturated rings. The molecular formula is C78H113N17O9. The summed E-state index contributed by atoms with van der Waals surface area (Å²) in [5.41, 5.74) is 2.21. The van der Waals surface area contributed by atoms with E-state index in [9.17, 15) is 4.79 Å². The van der Waals surface area contributed by atoms with E-state index in [1.165, 1.54) is 90.1 Å². The predicted molar refractivity (Wildman–Crippen MR) is 410 cm³/mol. The Kier molecular flexibility index (Phi) is 25.7. The van der Waals surface area contributed by atoms with E-state index in [2.05, 4.69) is 66.9 Å². The molecule has 15 rings (SSSR count). The van der Waals surface area contributed by atoms with Gasteiger partial charge in [-0.2, -0.15) is 15.0 Å². The second-order valence-corrected chi connectivity index (χ2v) is 29.6. The van der Waals surface area contributed by atoms with Crippen molar-refractivity contribution in [3.05, 3.63) is 55.1 Å². The SMILES string of the molecule is COc1cc2c(N3CCCCC3)nc(N3CCCC3)nc2cc1OCCCN1CCOCC1.COc1cc2c(N3CCCCC3)nc(N3CCCC3)nc2cc1OCCCn1ccnc1.COc1cc2c(N3CCN(C(=O)OC(C)(C)C)CC3)nc(N3CCCC3)nc2cc1OCCCN1CCCC1. The van der Waals surface area contributed by atoms with Gasteiger partial charge in [0.1, 0.15) is 23.1 Å². The van der Waals surface area contributed by atoms with Crippen LogP contribution in [-0.2, 0) is 16.0 Å². The number of morpholine rings is 1. The van der Waals surface area contributed by atoms with Gasteiger partial charge in [0.05, 0.1) is 77.2 Å². The van der Waals surface area contributed by atoms with Crippen molar-refractivity contribution in [3.8, 4) is 34.5 Å². The fourth-order valence-corrected chi connectivity index (χ4v) is 15.3. The number of hydrogen-bond donors (Lipinski definition) is 0. The smallest absolute Gasteiger partial charge is 0.410 e. The van der Waals surface area contributed by atoms with Gasteiger partial charge in [0.2, 0.25) is 17.8 Å². The number of fused-ring (bicyclic) bond motifs is 3. The topological polar surface area (TPSA) is 215 Å². The summed E-state index contributed by atoms with van der Waals surface area (Å²) in [6.07, 6.45) is 25.3. The van der Waals surface area contributed by atoms with Crippen molar-refractivity contribution in [1.82, 2.24) is 54.2 Å². The first-order chi connectivity index (χ1) is 50.9. The third-order valence-corrected chi connectivity index (χ3v) is 21.0. The Morgan fingerprint density at radius 1 is 0.404 bits per heavy atom. The molecule has 0 saturated carbocycles. The second kappa shape index (κ2) is 36.1. The third-order valence-electron chi connectivity index (χ3n) is 21.0. The monoisotopic (exact) mass is 1430 g/mol. The maximum absolute atomic E-state index is 12.6. The van der Waals surface area contributed by atoms with Crippen molar-refractivity contribution in [3.63, 3.8) is 0 Å². The number of piperazine rings is 1. The van der Waals surface area contributed by atoms with E-state index in [0.29, 0.717) is 51.7 Å². The van der Waals surface area contributed by atoms with Crippen LogP contribution in [0.4, 0.5) is 40.1 Å². The van der Waals surface area contributed by atoms with E-state index in [1.54, 1.807) is 32.4 Å². The standard InChI is InChI=1S/C29H44N6O4.C25H37N5O3.C24H32N6O2/c1-29(2,3)39-28(36)35-17-15-33(16-18-35)26-22-20-24(37-4)25(38-19-9-12-32-10-5-6-11-32)21-23(22)30-27(31-26)34-13-7-8-14-34;1-31-22-18-20-21(19-23(22)33-15-7-8-28-13-16-32-17-14-28)26-25(30-11-5-6-12-30)27-24(20)29-9-3-2-4-10-29;1-31-21-16-19-20(17-22(21)32-15-7-9-28-14-8-25-18-28)26-24(30-12-5-6-13-30)27-23(19)29-10-3-2-4-11-29/h20-21H,5-19H2,1-4H3;18-19H,2-17H2,1H3;8,14,16-18H,2-7,9-13,15H2,1H3. The molecule has 0 aliphatic carbocycles. The molecule has 8 aliphatic rings. The first-order valence-corrected chi connectivity index (χ1v) is 39.0. The number of hydrogen-bond acceptors (Lipinski definition) is 24. The van der Waals surface area contributed by atoms with Crippen LogP contribution in [0.15, 0.2) is 55.1 Å². The van der Waals surface area contributed by atoms with Gasteiger partial charge in [-0.25, -0.2) is 24.7 Å². The molecule has 12 heterocycles. The van der Waals surface area contributed by atoms with Crippen LogP contribution in [-0.4, -0.2) is 251 Å². The molecular weight excluding hydrogens is 1320 g/mol. The zero-order valence-corrected chi connectivity index (χ0v) is 62.9. The maximum Gasteiger partial charge on any atom is 0.410 e. The van der Waals surface area contributed by atoms with Crippen LogP contribution >= 0.6 is 0 Å². The number of piperidine rings is 2. The summed E-state index contributed by atoms with van der Waals surface area (Å²) in [5.74, 6) is 9.80. The van der Waals surface area contributed by atoms with Crippen LogP contribution in [0.25, 0.3) is 32.7 Å². The van der Waals surface area contributed by atoms with E-state index in [4.69, 9.17) is 67.8 Å². The van der Waals surface area contributed by atoms with Crippen molar-refractivity contribution in [1.29, 1.82) is 0 Å². The lowest BCUT2D eigenvalue weighted by Crippen LogP contribution is -2.50. The molecule has 0 radical (unpaired) electrons. The summed E-state index contributed by atoms with van der Waals surface area (Å²) in [6.45, 7) is 29.4. The molecule has 4 aromatic heterocycles. The van der Waals surface area contributed by atoms with E-state index in [1.807, 2.05) is 51.5 Å². The average Bonchev–Trinajstić information content (AvgIpc) is 0.976. The Morgan fingerprint density at radius 2 is 0.760 bits per heavy atom. The number of anilines is 6. The third kappa shape index (κ3) is 19.2. The van der Waals surface area contributed by atoms with Gasteiger partial charge in [-0.15, -0.1) is 0 Å². The summed E-state index contributed by atoms with van der Waals surface area (Å²) >= 11 is 0. The Hall–Kier alpha value is -8.36. The largest absolute Gasteiger partial charge is 0.493 e. The lowest BCUT2D eigenvalue weighted by molar-refractivity contribution is 0.0240. The van der Waals surface area contributed by atoms with Crippen molar-refractivity contribution < 1.29 is 42.7 Å². The van der Waals surface area contributed by atoms with Crippen LogP contribution in [0.3, 0.4) is 0 Å². The van der Waals surface area contributed by atoms with Gasteiger partial charge in [-0.3, -0.25) is 4.90 Å². The maximum atomic E-state index is 12.6. The van der Waals surface area contributed by atoms with Gasteiger partial charge < -0.3 is 81.7 Å². The normalized spacial score (nSPS) is 18.5. The highest BCUT2D eigenvalue weighted by Gasteiger charge is 2.31. The number of imidazole rings is 1. The minimum absolute atomic E-state index is 0.263. The van der Waals surface area contributed by atoms with Crippen LogP contribution < -0.4 is 57.8 Å². The number of benzene rings is 3. The minimum atomic E-state index is -0.508. The van der Waals surface area contributed by atoms with Crippen molar-refractivity contribution in [2.24, 2.45) is 0 Å². The second-order valence-electron chi connectivity index (χ2n) is 29.6. The molecule has 564 valence electrons. The molecule has 1 amide bonds. The fraction of sp³-hybridized carbons (Fsp3) is 0.641. The average molecular weight is 1430 g/mol. The highest BCUT2D eigenvalue weighted by Crippen LogP contribution is 2.42. The Morgan fingerprint density at radius 3 is 1.13 bits per heavy atom. The molecule has 0 atom stereocenters. The van der Waals surface area contributed by atoms with Crippen LogP contribution in [0.2, 0.25) is 0 Å². The van der Waals surface area contributed by atoms with Gasteiger partial charge >= 0.3 is 6.09 Å². The molecule has 0 N–H and O–H groups in total. The number of carbonyl (C=O) groups excluding carboxylic acids is 1. The number of nitrogens with zero attached hydrogens (tertiary/aromatic N) is 17. The van der Waals surface area contributed by atoms with E-state index < -0.39 is 5.60 Å². The van der Waals surface area contributed by atoms with Gasteiger partial charge in [0.15, 0.2) is 34.5 Å². The van der Waals surface area contributed by atoms with Gasteiger partial charge in [0, 0.05) is 171 Å². The number of ether oxygens (including phenoxy) is 8. The lowest BCUT2D eigenvalue weighted by atomic mass is 10.1. The van der Waals surface area contributed by atoms with E-state index in [0.717, 1.165) is 240 Å².